The van der Waals surface area contributed by atoms with Gasteiger partial charge in [0, 0.05) is 6.04 Å². The molecule has 0 heterocycles. The highest BCUT2D eigenvalue weighted by Crippen LogP contribution is 2.32. The number of anilines is 1. The lowest BCUT2D eigenvalue weighted by atomic mass is 9.95. The van der Waals surface area contributed by atoms with E-state index < -0.39 is 48.2 Å². The van der Waals surface area contributed by atoms with Crippen molar-refractivity contribution in [3.05, 3.63) is 63.7 Å². The van der Waals surface area contributed by atoms with Crippen LogP contribution < -0.4 is 10.6 Å². The lowest BCUT2D eigenvalue weighted by molar-refractivity contribution is -0.143. The van der Waals surface area contributed by atoms with Gasteiger partial charge >= 0.3 is 6.09 Å². The Bertz CT molecular complexity index is 1120. The van der Waals surface area contributed by atoms with E-state index in [0.29, 0.717) is 16.3 Å². The Morgan fingerprint density at radius 1 is 1.05 bits per heavy atom. The summed E-state index contributed by atoms with van der Waals surface area (Å²) in [6.45, 7) is 13.6. The van der Waals surface area contributed by atoms with Gasteiger partial charge in [0.1, 0.15) is 17.7 Å². The SMILES string of the molecule is Cc1ccc(C(C(=O)Nc2c(C)cccc2Cl)N(C(=O)C(CO)NC(=O)OC(C)(C)C)C(C)C)c(C)c1. The molecule has 0 radical (unpaired) electrons. The summed E-state index contributed by atoms with van der Waals surface area (Å²) in [6, 6.07) is 8.04. The van der Waals surface area contributed by atoms with Gasteiger partial charge in [0.2, 0.25) is 5.91 Å². The number of nitrogens with zero attached hydrogens (tertiary/aromatic N) is 1. The number of para-hydroxylation sites is 1. The van der Waals surface area contributed by atoms with Crippen molar-refractivity contribution in [2.24, 2.45) is 0 Å². The van der Waals surface area contributed by atoms with Crippen LogP contribution in [0.2, 0.25) is 5.02 Å². The Morgan fingerprint density at radius 2 is 1.70 bits per heavy atom. The van der Waals surface area contributed by atoms with Crippen LogP contribution in [0.5, 0.6) is 0 Å². The predicted molar refractivity (Wildman–Crippen MR) is 146 cm³/mol. The zero-order valence-electron chi connectivity index (χ0n) is 22.8. The van der Waals surface area contributed by atoms with Crippen LogP contribution in [0.4, 0.5) is 10.5 Å². The van der Waals surface area contributed by atoms with Gasteiger partial charge in [-0.2, -0.15) is 0 Å². The van der Waals surface area contributed by atoms with Gasteiger partial charge in [-0.25, -0.2) is 4.79 Å². The minimum absolute atomic E-state index is 0.370. The molecule has 3 N–H and O–H groups in total. The van der Waals surface area contributed by atoms with Crippen LogP contribution in [0.1, 0.15) is 62.9 Å². The summed E-state index contributed by atoms with van der Waals surface area (Å²) >= 11 is 6.37. The van der Waals surface area contributed by atoms with E-state index in [9.17, 15) is 19.5 Å². The molecule has 0 aliphatic rings. The van der Waals surface area contributed by atoms with Gasteiger partial charge in [0.15, 0.2) is 0 Å². The average Bonchev–Trinajstić information content (AvgIpc) is 2.77. The van der Waals surface area contributed by atoms with Crippen LogP contribution in [-0.4, -0.2) is 52.2 Å². The molecule has 0 spiro atoms. The fraction of sp³-hybridized carbons (Fsp3) is 0.464. The molecule has 2 rings (SSSR count). The molecule has 8 nitrogen and oxygen atoms in total. The maximum Gasteiger partial charge on any atom is 0.408 e. The van der Waals surface area contributed by atoms with Crippen LogP contribution in [0, 0.1) is 20.8 Å². The third-order valence-corrected chi connectivity index (χ3v) is 6.01. The lowest BCUT2D eigenvalue weighted by Gasteiger charge is -2.37. The van der Waals surface area contributed by atoms with Crippen molar-refractivity contribution in [1.29, 1.82) is 0 Å². The molecule has 37 heavy (non-hydrogen) atoms. The summed E-state index contributed by atoms with van der Waals surface area (Å²) in [5.41, 5.74) is 2.86. The molecular formula is C28H38ClN3O5. The molecule has 0 bridgehead atoms. The Kier molecular flexibility index (Phi) is 10.1. The minimum atomic E-state index is -1.32. The Hall–Kier alpha value is -3.10. The number of hydrogen-bond donors (Lipinski definition) is 3. The first-order valence-corrected chi connectivity index (χ1v) is 12.6. The quantitative estimate of drug-likeness (QED) is 0.441. The van der Waals surface area contributed by atoms with Crippen LogP contribution in [0.15, 0.2) is 36.4 Å². The number of alkyl carbamates (subject to hydrolysis) is 1. The maximum absolute atomic E-state index is 13.9. The number of carbonyl (C=O) groups excluding carboxylic acids is 3. The normalized spacial score (nSPS) is 13.1. The van der Waals surface area contributed by atoms with Crippen molar-refractivity contribution in [2.75, 3.05) is 11.9 Å². The fourth-order valence-corrected chi connectivity index (χ4v) is 4.30. The molecule has 0 fully saturated rings. The first-order valence-electron chi connectivity index (χ1n) is 12.2. The van der Waals surface area contributed by atoms with E-state index in [2.05, 4.69) is 10.6 Å². The number of ether oxygens (including phenoxy) is 1. The molecule has 9 heteroatoms. The summed E-state index contributed by atoms with van der Waals surface area (Å²) < 4.78 is 5.26. The number of aryl methyl sites for hydroxylation is 3. The van der Waals surface area contributed by atoms with Crippen molar-refractivity contribution >= 4 is 35.2 Å². The monoisotopic (exact) mass is 531 g/mol. The van der Waals surface area contributed by atoms with E-state index in [0.717, 1.165) is 16.7 Å². The van der Waals surface area contributed by atoms with Gasteiger partial charge < -0.3 is 25.4 Å². The van der Waals surface area contributed by atoms with Crippen molar-refractivity contribution in [3.63, 3.8) is 0 Å². The number of hydrogen-bond acceptors (Lipinski definition) is 5. The largest absolute Gasteiger partial charge is 0.444 e. The highest BCUT2D eigenvalue weighted by molar-refractivity contribution is 6.34. The van der Waals surface area contributed by atoms with E-state index in [1.165, 1.54) is 4.90 Å². The smallest absolute Gasteiger partial charge is 0.408 e. The Balaban J connectivity index is 2.56. The van der Waals surface area contributed by atoms with Crippen LogP contribution in [0.3, 0.4) is 0 Å². The Labute approximate surface area is 224 Å². The highest BCUT2D eigenvalue weighted by atomic mass is 35.5. The topological polar surface area (TPSA) is 108 Å². The second-order valence-electron chi connectivity index (χ2n) is 10.4. The van der Waals surface area contributed by atoms with E-state index in [4.69, 9.17) is 16.3 Å². The van der Waals surface area contributed by atoms with E-state index in [-0.39, 0.29) is 0 Å². The molecule has 2 aromatic rings. The number of amides is 3. The van der Waals surface area contributed by atoms with Gasteiger partial charge in [-0.1, -0.05) is 47.5 Å². The Morgan fingerprint density at radius 3 is 2.22 bits per heavy atom. The van der Waals surface area contributed by atoms with Crippen molar-refractivity contribution in [1.82, 2.24) is 10.2 Å². The van der Waals surface area contributed by atoms with Crippen LogP contribution in [0.25, 0.3) is 0 Å². The third-order valence-electron chi connectivity index (χ3n) is 5.70. The molecule has 2 aromatic carbocycles. The zero-order valence-corrected chi connectivity index (χ0v) is 23.6. The summed E-state index contributed by atoms with van der Waals surface area (Å²) in [7, 11) is 0. The lowest BCUT2D eigenvalue weighted by Crippen LogP contribution is -2.55. The number of halogens is 1. The van der Waals surface area contributed by atoms with Gasteiger partial charge in [0.05, 0.1) is 17.3 Å². The van der Waals surface area contributed by atoms with Gasteiger partial charge in [-0.15, -0.1) is 0 Å². The fourth-order valence-electron chi connectivity index (χ4n) is 4.03. The number of nitrogens with one attached hydrogen (secondary N) is 2. The van der Waals surface area contributed by atoms with Gasteiger partial charge in [0.25, 0.3) is 5.91 Å². The summed E-state index contributed by atoms with van der Waals surface area (Å²) in [6.07, 6.45) is -0.845. The molecule has 0 saturated heterocycles. The number of benzene rings is 2. The summed E-state index contributed by atoms with van der Waals surface area (Å²) in [4.78, 5) is 41.4. The third kappa shape index (κ3) is 7.94. The van der Waals surface area contributed by atoms with Crippen molar-refractivity contribution in [3.8, 4) is 0 Å². The minimum Gasteiger partial charge on any atom is -0.444 e. The first kappa shape index (κ1) is 30.1. The first-order chi connectivity index (χ1) is 17.2. The highest BCUT2D eigenvalue weighted by Gasteiger charge is 2.38. The molecule has 3 amide bonds. The summed E-state index contributed by atoms with van der Waals surface area (Å²) in [5, 5.41) is 15.7. The maximum atomic E-state index is 13.9. The van der Waals surface area contributed by atoms with Crippen molar-refractivity contribution in [2.45, 2.75) is 79.1 Å². The van der Waals surface area contributed by atoms with E-state index in [1.807, 2.05) is 45.0 Å². The van der Waals surface area contributed by atoms with Gasteiger partial charge in [-0.05, 0) is 78.1 Å². The van der Waals surface area contributed by atoms with Gasteiger partial charge in [-0.3, -0.25) is 9.59 Å². The molecule has 0 aliphatic carbocycles. The number of aliphatic hydroxyl groups excluding tert-OH is 1. The number of rotatable bonds is 8. The van der Waals surface area contributed by atoms with E-state index >= 15 is 0 Å². The number of carbonyl (C=O) groups is 3. The van der Waals surface area contributed by atoms with Crippen LogP contribution >= 0.6 is 11.6 Å². The zero-order chi connectivity index (χ0) is 28.1. The molecule has 2 unspecified atom stereocenters. The molecule has 0 aliphatic heterocycles. The average molecular weight is 532 g/mol. The predicted octanol–water partition coefficient (Wildman–Crippen LogP) is 5.07. The second-order valence-corrected chi connectivity index (χ2v) is 10.8. The second kappa shape index (κ2) is 12.4. The molecule has 0 saturated carbocycles. The molecule has 202 valence electrons. The van der Waals surface area contributed by atoms with E-state index in [1.54, 1.807) is 46.8 Å². The molecule has 2 atom stereocenters. The van der Waals surface area contributed by atoms with Crippen LogP contribution in [-0.2, 0) is 14.3 Å². The summed E-state index contributed by atoms with van der Waals surface area (Å²) in [5.74, 6) is -1.10. The van der Waals surface area contributed by atoms with Crippen molar-refractivity contribution < 1.29 is 24.2 Å². The molecule has 0 aromatic heterocycles. The molecular weight excluding hydrogens is 494 g/mol. The number of aliphatic hydroxyl groups is 1. The standard InChI is InChI=1S/C28H38ClN3O5/c1-16(2)32(26(35)22(15-33)30-27(36)37-28(6,7)8)24(20-13-12-17(3)14-19(20)5)25(34)31-23-18(4)10-9-11-21(23)29/h9-14,16,22,24,33H,15H2,1-8H3,(H,30,36)(H,31,34).